The fourth-order valence-corrected chi connectivity index (χ4v) is 3.16. The minimum absolute atomic E-state index is 0.619. The summed E-state index contributed by atoms with van der Waals surface area (Å²) in [6.07, 6.45) is 1.92. The number of thiophene rings is 1. The van der Waals surface area contributed by atoms with Crippen LogP contribution in [0.3, 0.4) is 0 Å². The average molecular weight is 292 g/mol. The van der Waals surface area contributed by atoms with Gasteiger partial charge in [0.05, 0.1) is 4.88 Å². The molecule has 1 aliphatic heterocycles. The molecule has 2 aromatic heterocycles. The molecule has 6 heteroatoms. The van der Waals surface area contributed by atoms with Crippen molar-refractivity contribution < 1.29 is 4.52 Å². The maximum absolute atomic E-state index is 5.32. The highest BCUT2D eigenvalue weighted by atomic mass is 32.1. The van der Waals surface area contributed by atoms with E-state index in [1.807, 2.05) is 17.5 Å². The Morgan fingerprint density at radius 2 is 2.50 bits per heavy atom. The molecule has 0 bridgehead atoms. The van der Waals surface area contributed by atoms with Gasteiger partial charge in [0, 0.05) is 32.1 Å². The second-order valence-electron chi connectivity index (χ2n) is 5.18. The number of hydrogen-bond acceptors (Lipinski definition) is 6. The first kappa shape index (κ1) is 13.7. The molecular weight excluding hydrogens is 272 g/mol. The fourth-order valence-electron chi connectivity index (χ4n) is 2.51. The minimum Gasteiger partial charge on any atom is -0.339 e. The van der Waals surface area contributed by atoms with Crippen molar-refractivity contribution in [3.8, 4) is 10.7 Å². The van der Waals surface area contributed by atoms with Crippen molar-refractivity contribution in [1.29, 1.82) is 0 Å². The number of nitrogens with one attached hydrogen (secondary N) is 1. The monoisotopic (exact) mass is 292 g/mol. The highest BCUT2D eigenvalue weighted by Crippen LogP contribution is 2.21. The SMILES string of the molecule is CC1CNCCN1CCCc1nc(-c2cccs2)no1. The van der Waals surface area contributed by atoms with Crippen LogP contribution in [0.15, 0.2) is 22.0 Å². The predicted octanol–water partition coefficient (Wildman–Crippen LogP) is 2.02. The molecule has 3 rings (SSSR count). The Bertz CT molecular complexity index is 525. The summed E-state index contributed by atoms with van der Waals surface area (Å²) < 4.78 is 5.32. The summed E-state index contributed by atoms with van der Waals surface area (Å²) in [7, 11) is 0. The third-order valence-corrected chi connectivity index (χ3v) is 4.55. The molecule has 0 radical (unpaired) electrons. The molecule has 1 aliphatic rings. The largest absolute Gasteiger partial charge is 0.339 e. The molecule has 1 atom stereocenters. The first-order valence-corrected chi connectivity index (χ1v) is 8.02. The molecule has 1 unspecified atom stereocenters. The molecule has 1 saturated heterocycles. The third kappa shape index (κ3) is 3.26. The lowest BCUT2D eigenvalue weighted by molar-refractivity contribution is 0.170. The van der Waals surface area contributed by atoms with Crippen molar-refractivity contribution in [3.05, 3.63) is 23.4 Å². The van der Waals surface area contributed by atoms with Gasteiger partial charge in [-0.3, -0.25) is 4.90 Å². The van der Waals surface area contributed by atoms with Crippen LogP contribution in [0.1, 0.15) is 19.2 Å². The molecule has 20 heavy (non-hydrogen) atoms. The molecule has 0 aromatic carbocycles. The molecule has 0 spiro atoms. The standard InChI is InChI=1S/C14H20N4OS/c1-11-10-15-6-8-18(11)7-2-5-13-16-14(17-19-13)12-4-3-9-20-12/h3-4,9,11,15H,2,5-8,10H2,1H3. The van der Waals surface area contributed by atoms with Gasteiger partial charge in [0.1, 0.15) is 0 Å². The predicted molar refractivity (Wildman–Crippen MR) is 79.8 cm³/mol. The summed E-state index contributed by atoms with van der Waals surface area (Å²) in [6, 6.07) is 4.64. The number of rotatable bonds is 5. The van der Waals surface area contributed by atoms with Crippen LogP contribution >= 0.6 is 11.3 Å². The van der Waals surface area contributed by atoms with E-state index in [-0.39, 0.29) is 0 Å². The Morgan fingerprint density at radius 3 is 3.30 bits per heavy atom. The average Bonchev–Trinajstić information content (AvgIpc) is 3.11. The molecular formula is C14H20N4OS. The zero-order chi connectivity index (χ0) is 13.8. The Labute approximate surface area is 123 Å². The van der Waals surface area contributed by atoms with Gasteiger partial charge in [0.25, 0.3) is 0 Å². The maximum atomic E-state index is 5.32. The lowest BCUT2D eigenvalue weighted by Gasteiger charge is -2.33. The van der Waals surface area contributed by atoms with Gasteiger partial charge in [-0.1, -0.05) is 11.2 Å². The smallest absolute Gasteiger partial charge is 0.227 e. The van der Waals surface area contributed by atoms with Crippen LogP contribution in [0.5, 0.6) is 0 Å². The maximum Gasteiger partial charge on any atom is 0.227 e. The summed E-state index contributed by atoms with van der Waals surface area (Å²) in [5, 5.41) is 9.47. The van der Waals surface area contributed by atoms with E-state index in [1.165, 1.54) is 0 Å². The lowest BCUT2D eigenvalue weighted by Crippen LogP contribution is -2.49. The lowest BCUT2D eigenvalue weighted by atomic mass is 10.2. The molecule has 1 fully saturated rings. The van der Waals surface area contributed by atoms with Gasteiger partial charge in [-0.05, 0) is 31.3 Å². The van der Waals surface area contributed by atoms with Crippen molar-refractivity contribution in [2.75, 3.05) is 26.2 Å². The second kappa shape index (κ2) is 6.47. The summed E-state index contributed by atoms with van der Waals surface area (Å²) in [4.78, 5) is 8.04. The highest BCUT2D eigenvalue weighted by molar-refractivity contribution is 7.13. The number of aryl methyl sites for hydroxylation is 1. The zero-order valence-electron chi connectivity index (χ0n) is 11.7. The van der Waals surface area contributed by atoms with Crippen LogP contribution in [0.4, 0.5) is 0 Å². The van der Waals surface area contributed by atoms with Gasteiger partial charge in [-0.25, -0.2) is 0 Å². The van der Waals surface area contributed by atoms with E-state index in [2.05, 4.69) is 27.3 Å². The van der Waals surface area contributed by atoms with Crippen LogP contribution in [-0.2, 0) is 6.42 Å². The van der Waals surface area contributed by atoms with E-state index in [9.17, 15) is 0 Å². The topological polar surface area (TPSA) is 54.2 Å². The Morgan fingerprint density at radius 1 is 1.55 bits per heavy atom. The highest BCUT2D eigenvalue weighted by Gasteiger charge is 2.17. The van der Waals surface area contributed by atoms with Gasteiger partial charge in [0.2, 0.25) is 11.7 Å². The van der Waals surface area contributed by atoms with E-state index in [1.54, 1.807) is 11.3 Å². The van der Waals surface area contributed by atoms with Crippen molar-refractivity contribution in [2.24, 2.45) is 0 Å². The number of nitrogens with zero attached hydrogens (tertiary/aromatic N) is 3. The third-order valence-electron chi connectivity index (χ3n) is 3.68. The summed E-state index contributed by atoms with van der Waals surface area (Å²) in [6.45, 7) is 6.68. The number of piperazine rings is 1. The molecule has 0 saturated carbocycles. The molecule has 0 amide bonds. The fraction of sp³-hybridized carbons (Fsp3) is 0.571. The first-order valence-electron chi connectivity index (χ1n) is 7.14. The Hall–Kier alpha value is -1.24. The molecule has 3 heterocycles. The molecule has 108 valence electrons. The van der Waals surface area contributed by atoms with Gasteiger partial charge >= 0.3 is 0 Å². The van der Waals surface area contributed by atoms with Crippen molar-refractivity contribution in [3.63, 3.8) is 0 Å². The van der Waals surface area contributed by atoms with E-state index >= 15 is 0 Å². The van der Waals surface area contributed by atoms with Crippen molar-refractivity contribution in [1.82, 2.24) is 20.4 Å². The van der Waals surface area contributed by atoms with Crippen LogP contribution in [0, 0.1) is 0 Å². The number of hydrogen-bond donors (Lipinski definition) is 1. The normalized spacial score (nSPS) is 20.4. The summed E-state index contributed by atoms with van der Waals surface area (Å²) in [5.74, 6) is 1.46. The Balaban J connectivity index is 1.49. The van der Waals surface area contributed by atoms with Gasteiger partial charge in [-0.15, -0.1) is 11.3 Å². The van der Waals surface area contributed by atoms with E-state index in [0.29, 0.717) is 11.9 Å². The zero-order valence-corrected chi connectivity index (χ0v) is 12.5. The van der Waals surface area contributed by atoms with Crippen LogP contribution < -0.4 is 5.32 Å². The van der Waals surface area contributed by atoms with E-state index < -0.39 is 0 Å². The van der Waals surface area contributed by atoms with Crippen LogP contribution in [-0.4, -0.2) is 47.3 Å². The van der Waals surface area contributed by atoms with Crippen molar-refractivity contribution >= 4 is 11.3 Å². The molecule has 0 aliphatic carbocycles. The minimum atomic E-state index is 0.619. The number of aromatic nitrogens is 2. The van der Waals surface area contributed by atoms with Gasteiger partial charge < -0.3 is 9.84 Å². The van der Waals surface area contributed by atoms with E-state index in [0.717, 1.165) is 49.8 Å². The van der Waals surface area contributed by atoms with Crippen molar-refractivity contribution in [2.45, 2.75) is 25.8 Å². The van der Waals surface area contributed by atoms with Crippen LogP contribution in [0.25, 0.3) is 10.7 Å². The van der Waals surface area contributed by atoms with E-state index in [4.69, 9.17) is 4.52 Å². The van der Waals surface area contributed by atoms with Crippen LogP contribution in [0.2, 0.25) is 0 Å². The quantitative estimate of drug-likeness (QED) is 0.914. The molecule has 2 aromatic rings. The first-order chi connectivity index (χ1) is 9.83. The van der Waals surface area contributed by atoms with Gasteiger partial charge in [0.15, 0.2) is 0 Å². The molecule has 1 N–H and O–H groups in total. The Kier molecular flexibility index (Phi) is 4.44. The summed E-state index contributed by atoms with van der Waals surface area (Å²) in [5.41, 5.74) is 0. The summed E-state index contributed by atoms with van der Waals surface area (Å²) >= 11 is 1.64. The van der Waals surface area contributed by atoms with Gasteiger partial charge in [-0.2, -0.15) is 4.98 Å². The molecule has 5 nitrogen and oxygen atoms in total. The second-order valence-corrected chi connectivity index (χ2v) is 6.13.